The van der Waals surface area contributed by atoms with Gasteiger partial charge in [-0.2, -0.15) is 0 Å². The van der Waals surface area contributed by atoms with Crippen LogP contribution in [0.5, 0.6) is 5.75 Å². The zero-order chi connectivity index (χ0) is 18.0. The lowest BCUT2D eigenvalue weighted by atomic mass is 10.1. The number of methoxy groups -OCH3 is 1. The van der Waals surface area contributed by atoms with Gasteiger partial charge in [0.25, 0.3) is 5.91 Å². The van der Waals surface area contributed by atoms with Crippen LogP contribution in [0.25, 0.3) is 0 Å². The lowest BCUT2D eigenvalue weighted by Gasteiger charge is -2.35. The Balaban J connectivity index is 1.57. The van der Waals surface area contributed by atoms with Crippen molar-refractivity contribution in [2.24, 2.45) is 0 Å². The Kier molecular flexibility index (Phi) is 4.78. The number of hydrogen-bond donors (Lipinski definition) is 1. The van der Waals surface area contributed by atoms with Crippen molar-refractivity contribution >= 4 is 17.8 Å². The normalized spacial score (nSPS) is 20.5. The topological polar surface area (TPSA) is 82.2 Å². The average Bonchev–Trinajstić information content (AvgIpc) is 2.99. The molecule has 0 aromatic heterocycles. The molecule has 2 heterocycles. The van der Waals surface area contributed by atoms with Crippen molar-refractivity contribution in [1.29, 1.82) is 0 Å². The molecule has 2 aliphatic heterocycles. The van der Waals surface area contributed by atoms with Gasteiger partial charge in [0.15, 0.2) is 0 Å². The van der Waals surface area contributed by atoms with E-state index in [1.54, 1.807) is 48.2 Å². The summed E-state index contributed by atoms with van der Waals surface area (Å²) in [5.74, 6) is 0.479. The number of amides is 4. The first-order valence-corrected chi connectivity index (χ1v) is 8.23. The van der Waals surface area contributed by atoms with Crippen LogP contribution in [-0.2, 0) is 4.79 Å². The van der Waals surface area contributed by atoms with Crippen molar-refractivity contribution in [2.75, 3.05) is 46.9 Å². The molecule has 0 bridgehead atoms. The molecule has 2 aliphatic rings. The highest BCUT2D eigenvalue weighted by Crippen LogP contribution is 2.16. The molecule has 1 aromatic carbocycles. The Morgan fingerprint density at radius 2 is 1.84 bits per heavy atom. The maximum absolute atomic E-state index is 12.6. The summed E-state index contributed by atoms with van der Waals surface area (Å²) in [7, 11) is 3.22. The minimum Gasteiger partial charge on any atom is -0.497 e. The van der Waals surface area contributed by atoms with Crippen molar-refractivity contribution in [3.05, 3.63) is 29.8 Å². The number of carbonyl (C=O) groups excluding carboxylic acids is 3. The first-order chi connectivity index (χ1) is 12.0. The molecular formula is C17H22N4O4. The molecule has 0 spiro atoms. The third-order valence-electron chi connectivity index (χ3n) is 4.59. The van der Waals surface area contributed by atoms with Crippen LogP contribution < -0.4 is 10.1 Å². The molecule has 1 atom stereocenters. The van der Waals surface area contributed by atoms with Gasteiger partial charge in [0.1, 0.15) is 11.8 Å². The van der Waals surface area contributed by atoms with E-state index in [4.69, 9.17) is 4.74 Å². The summed E-state index contributed by atoms with van der Waals surface area (Å²) in [6.45, 7) is 2.24. The quantitative estimate of drug-likeness (QED) is 0.835. The molecule has 8 heteroatoms. The van der Waals surface area contributed by atoms with Gasteiger partial charge in [-0.05, 0) is 18.2 Å². The molecule has 0 saturated carbocycles. The lowest BCUT2D eigenvalue weighted by Crippen LogP contribution is -2.54. The van der Waals surface area contributed by atoms with Gasteiger partial charge < -0.3 is 24.8 Å². The third-order valence-corrected chi connectivity index (χ3v) is 4.59. The number of rotatable bonds is 3. The number of benzene rings is 1. The Labute approximate surface area is 146 Å². The van der Waals surface area contributed by atoms with Gasteiger partial charge in [-0.1, -0.05) is 6.07 Å². The summed E-state index contributed by atoms with van der Waals surface area (Å²) in [5.41, 5.74) is 0.573. The van der Waals surface area contributed by atoms with Crippen molar-refractivity contribution in [1.82, 2.24) is 20.0 Å². The van der Waals surface area contributed by atoms with Crippen LogP contribution in [0.2, 0.25) is 0 Å². The number of likely N-dealkylation sites (N-methyl/N-ethyl adjacent to an activating group) is 1. The fourth-order valence-corrected chi connectivity index (χ4v) is 3.09. The summed E-state index contributed by atoms with van der Waals surface area (Å²) in [6.07, 6.45) is 0. The summed E-state index contributed by atoms with van der Waals surface area (Å²) < 4.78 is 5.15. The Hall–Kier alpha value is -2.77. The van der Waals surface area contributed by atoms with E-state index in [9.17, 15) is 14.4 Å². The van der Waals surface area contributed by atoms with E-state index >= 15 is 0 Å². The van der Waals surface area contributed by atoms with Crippen LogP contribution in [0.4, 0.5) is 4.79 Å². The average molecular weight is 346 g/mol. The number of nitrogens with zero attached hydrogens (tertiary/aromatic N) is 3. The summed E-state index contributed by atoms with van der Waals surface area (Å²) >= 11 is 0. The van der Waals surface area contributed by atoms with Crippen LogP contribution in [-0.4, -0.2) is 85.5 Å². The second kappa shape index (κ2) is 7.00. The molecule has 2 saturated heterocycles. The number of carbonyl (C=O) groups is 3. The Bertz CT molecular complexity index is 685. The van der Waals surface area contributed by atoms with E-state index in [0.717, 1.165) is 0 Å². The molecule has 1 unspecified atom stereocenters. The number of nitrogens with one attached hydrogen (secondary N) is 1. The number of hydrogen-bond acceptors (Lipinski definition) is 4. The molecule has 2 fully saturated rings. The smallest absolute Gasteiger partial charge is 0.317 e. The van der Waals surface area contributed by atoms with Crippen molar-refractivity contribution in [2.45, 2.75) is 6.04 Å². The van der Waals surface area contributed by atoms with Gasteiger partial charge in [-0.3, -0.25) is 9.59 Å². The maximum atomic E-state index is 12.6. The maximum Gasteiger partial charge on any atom is 0.317 e. The van der Waals surface area contributed by atoms with E-state index in [1.165, 1.54) is 4.90 Å². The molecule has 1 N–H and O–H groups in total. The molecule has 1 aromatic rings. The summed E-state index contributed by atoms with van der Waals surface area (Å²) in [6, 6.07) is 6.31. The molecular weight excluding hydrogens is 324 g/mol. The highest BCUT2D eigenvalue weighted by atomic mass is 16.5. The summed E-state index contributed by atoms with van der Waals surface area (Å²) in [4.78, 5) is 41.5. The van der Waals surface area contributed by atoms with Crippen molar-refractivity contribution in [3.63, 3.8) is 0 Å². The van der Waals surface area contributed by atoms with Gasteiger partial charge in [-0.25, -0.2) is 4.79 Å². The lowest BCUT2D eigenvalue weighted by molar-refractivity contribution is -0.134. The Morgan fingerprint density at radius 3 is 2.44 bits per heavy atom. The minimum atomic E-state index is -0.502. The monoisotopic (exact) mass is 346 g/mol. The van der Waals surface area contributed by atoms with Crippen LogP contribution in [0.3, 0.4) is 0 Å². The molecule has 3 rings (SSSR count). The fraction of sp³-hybridized carbons (Fsp3) is 0.471. The van der Waals surface area contributed by atoms with Gasteiger partial charge in [-0.15, -0.1) is 0 Å². The SMILES string of the molecule is COc1cccc(C(=O)N2CCN(C(=O)C3CN(C)C(=O)N3)CC2)c1. The first-order valence-electron chi connectivity index (χ1n) is 8.23. The van der Waals surface area contributed by atoms with Crippen molar-refractivity contribution < 1.29 is 19.1 Å². The molecule has 25 heavy (non-hydrogen) atoms. The zero-order valence-corrected chi connectivity index (χ0v) is 14.4. The molecule has 8 nitrogen and oxygen atoms in total. The summed E-state index contributed by atoms with van der Waals surface area (Å²) in [5, 5.41) is 2.67. The number of piperazine rings is 1. The standard InChI is InChI=1S/C17H22N4O4/c1-19-11-14(18-17(19)24)16(23)21-8-6-20(7-9-21)15(22)12-4-3-5-13(10-12)25-2/h3-5,10,14H,6-9,11H2,1-2H3,(H,18,24). The highest BCUT2D eigenvalue weighted by Gasteiger charge is 2.35. The van der Waals surface area contributed by atoms with E-state index < -0.39 is 6.04 Å². The first kappa shape index (κ1) is 17.1. The largest absolute Gasteiger partial charge is 0.497 e. The zero-order valence-electron chi connectivity index (χ0n) is 14.4. The molecule has 134 valence electrons. The van der Waals surface area contributed by atoms with E-state index in [-0.39, 0.29) is 17.8 Å². The Morgan fingerprint density at radius 1 is 1.16 bits per heavy atom. The predicted molar refractivity (Wildman–Crippen MR) is 90.4 cm³/mol. The minimum absolute atomic E-state index is 0.0695. The second-order valence-electron chi connectivity index (χ2n) is 6.23. The van der Waals surface area contributed by atoms with Gasteiger partial charge >= 0.3 is 6.03 Å². The molecule has 0 aliphatic carbocycles. The van der Waals surface area contributed by atoms with Crippen LogP contribution >= 0.6 is 0 Å². The molecule has 4 amide bonds. The third kappa shape index (κ3) is 3.52. The van der Waals surface area contributed by atoms with E-state index in [0.29, 0.717) is 44.0 Å². The fourth-order valence-electron chi connectivity index (χ4n) is 3.09. The van der Waals surface area contributed by atoms with Crippen molar-refractivity contribution in [3.8, 4) is 5.75 Å². The van der Waals surface area contributed by atoms with E-state index in [2.05, 4.69) is 5.32 Å². The second-order valence-corrected chi connectivity index (χ2v) is 6.23. The van der Waals surface area contributed by atoms with Gasteiger partial charge in [0.05, 0.1) is 13.7 Å². The van der Waals surface area contributed by atoms with Crippen LogP contribution in [0.1, 0.15) is 10.4 Å². The van der Waals surface area contributed by atoms with Crippen LogP contribution in [0, 0.1) is 0 Å². The van der Waals surface area contributed by atoms with Gasteiger partial charge in [0, 0.05) is 38.8 Å². The van der Waals surface area contributed by atoms with Crippen LogP contribution in [0.15, 0.2) is 24.3 Å². The van der Waals surface area contributed by atoms with Gasteiger partial charge in [0.2, 0.25) is 5.91 Å². The van der Waals surface area contributed by atoms with E-state index in [1.807, 2.05) is 0 Å². The molecule has 0 radical (unpaired) electrons. The predicted octanol–water partition coefficient (Wildman–Crippen LogP) is 0.00320. The highest BCUT2D eigenvalue weighted by molar-refractivity contribution is 5.95. The number of ether oxygens (including phenoxy) is 1. The number of urea groups is 1.